The van der Waals surface area contributed by atoms with Crippen molar-refractivity contribution in [2.24, 2.45) is 0 Å². The third-order valence-electron chi connectivity index (χ3n) is 4.79. The number of benzene rings is 1. The summed E-state index contributed by atoms with van der Waals surface area (Å²) in [6.07, 6.45) is 0. The first kappa shape index (κ1) is 14.6. The molecule has 5 heteroatoms. The van der Waals surface area contributed by atoms with Crippen LogP contribution in [0.1, 0.15) is 57.5 Å². The maximum Gasteiger partial charge on any atom is 0.494 e. The highest BCUT2D eigenvalue weighted by Crippen LogP contribution is 2.38. The van der Waals surface area contributed by atoms with Crippen LogP contribution in [0.3, 0.4) is 0 Å². The second-order valence-corrected chi connectivity index (χ2v) is 7.29. The maximum atomic E-state index is 11.8. The van der Waals surface area contributed by atoms with Gasteiger partial charge in [0.1, 0.15) is 5.60 Å². The Hall–Kier alpha value is -1.33. The standard InChI is InChI=1S/C16H21BO4/c1-14(2)12-9-10(7-8-11(12)13(18)19-14)17-20-15(3,4)16(5,6)21-17/h7-9H,1-6H3. The van der Waals surface area contributed by atoms with E-state index in [4.69, 9.17) is 14.0 Å². The van der Waals surface area contributed by atoms with Crippen LogP contribution in [0.25, 0.3) is 0 Å². The zero-order chi connectivity index (χ0) is 15.6. The van der Waals surface area contributed by atoms with E-state index in [1.165, 1.54) is 0 Å². The molecule has 0 aromatic heterocycles. The predicted molar refractivity (Wildman–Crippen MR) is 80.6 cm³/mol. The van der Waals surface area contributed by atoms with Gasteiger partial charge in [0, 0.05) is 5.56 Å². The first-order valence-corrected chi connectivity index (χ1v) is 7.27. The average Bonchev–Trinajstić information content (AvgIpc) is 2.70. The topological polar surface area (TPSA) is 44.8 Å². The monoisotopic (exact) mass is 288 g/mol. The molecule has 2 aliphatic heterocycles. The molecule has 1 fully saturated rings. The van der Waals surface area contributed by atoms with Crippen LogP contribution in [0.5, 0.6) is 0 Å². The Bertz CT molecular complexity index is 603. The number of carbonyl (C=O) groups is 1. The summed E-state index contributed by atoms with van der Waals surface area (Å²) in [6, 6.07) is 5.64. The SMILES string of the molecule is CC1(C)OC(=O)c2ccc(B3OC(C)(C)C(C)(C)O3)cc21. The summed E-state index contributed by atoms with van der Waals surface area (Å²) in [6.45, 7) is 11.9. The third kappa shape index (κ3) is 2.10. The lowest BCUT2D eigenvalue weighted by Gasteiger charge is -2.32. The minimum atomic E-state index is -0.605. The Balaban J connectivity index is 1.99. The van der Waals surface area contributed by atoms with Crippen LogP contribution in [-0.2, 0) is 19.6 Å². The van der Waals surface area contributed by atoms with Gasteiger partial charge in [0.15, 0.2) is 0 Å². The Morgan fingerprint density at radius 3 is 2.10 bits per heavy atom. The Kier molecular flexibility index (Phi) is 2.86. The van der Waals surface area contributed by atoms with Crippen LogP contribution in [0, 0.1) is 0 Å². The number of hydrogen-bond acceptors (Lipinski definition) is 4. The van der Waals surface area contributed by atoms with Crippen molar-refractivity contribution in [3.05, 3.63) is 29.3 Å². The first-order valence-electron chi connectivity index (χ1n) is 7.27. The fourth-order valence-electron chi connectivity index (χ4n) is 2.71. The number of hydrogen-bond donors (Lipinski definition) is 0. The van der Waals surface area contributed by atoms with Crippen molar-refractivity contribution in [3.63, 3.8) is 0 Å². The van der Waals surface area contributed by atoms with Crippen molar-refractivity contribution in [2.45, 2.75) is 58.3 Å². The lowest BCUT2D eigenvalue weighted by Crippen LogP contribution is -2.41. The molecule has 0 aliphatic carbocycles. The van der Waals surface area contributed by atoms with Crippen molar-refractivity contribution in [1.82, 2.24) is 0 Å². The normalized spacial score (nSPS) is 24.9. The molecule has 0 spiro atoms. The molecule has 0 N–H and O–H groups in total. The second kappa shape index (κ2) is 4.11. The highest BCUT2D eigenvalue weighted by molar-refractivity contribution is 6.62. The van der Waals surface area contributed by atoms with E-state index in [-0.39, 0.29) is 17.2 Å². The number of esters is 1. The zero-order valence-corrected chi connectivity index (χ0v) is 13.4. The average molecular weight is 288 g/mol. The second-order valence-electron chi connectivity index (χ2n) is 7.29. The van der Waals surface area contributed by atoms with Crippen molar-refractivity contribution >= 4 is 18.6 Å². The van der Waals surface area contributed by atoms with Crippen molar-refractivity contribution in [3.8, 4) is 0 Å². The smallest absolute Gasteiger partial charge is 0.451 e. The zero-order valence-electron chi connectivity index (χ0n) is 13.4. The van der Waals surface area contributed by atoms with Crippen LogP contribution in [0.15, 0.2) is 18.2 Å². The van der Waals surface area contributed by atoms with E-state index in [1.807, 2.05) is 53.7 Å². The largest absolute Gasteiger partial charge is 0.494 e. The van der Waals surface area contributed by atoms with Gasteiger partial charge in [-0.05, 0) is 53.1 Å². The molecule has 2 heterocycles. The summed E-state index contributed by atoms with van der Waals surface area (Å²) >= 11 is 0. The lowest BCUT2D eigenvalue weighted by molar-refractivity contribution is 0.00578. The number of rotatable bonds is 1. The van der Waals surface area contributed by atoms with E-state index in [0.29, 0.717) is 5.56 Å². The fourth-order valence-corrected chi connectivity index (χ4v) is 2.71. The van der Waals surface area contributed by atoms with E-state index >= 15 is 0 Å². The highest BCUT2D eigenvalue weighted by Gasteiger charge is 2.52. The van der Waals surface area contributed by atoms with Gasteiger partial charge >= 0.3 is 13.1 Å². The van der Waals surface area contributed by atoms with E-state index in [9.17, 15) is 4.79 Å². The molecule has 1 aromatic carbocycles. The van der Waals surface area contributed by atoms with E-state index in [1.54, 1.807) is 6.07 Å². The van der Waals surface area contributed by atoms with Crippen LogP contribution in [0.2, 0.25) is 0 Å². The van der Waals surface area contributed by atoms with Gasteiger partial charge in [-0.1, -0.05) is 12.1 Å². The molecule has 1 aromatic rings. The van der Waals surface area contributed by atoms with Gasteiger partial charge in [0.05, 0.1) is 16.8 Å². The summed E-state index contributed by atoms with van der Waals surface area (Å²) in [5, 5.41) is 0. The molecular formula is C16H21BO4. The van der Waals surface area contributed by atoms with Crippen LogP contribution < -0.4 is 5.46 Å². The van der Waals surface area contributed by atoms with E-state index in [2.05, 4.69) is 0 Å². The Labute approximate surface area is 125 Å². The lowest BCUT2D eigenvalue weighted by atomic mass is 9.76. The van der Waals surface area contributed by atoms with Crippen LogP contribution >= 0.6 is 0 Å². The number of fused-ring (bicyclic) bond motifs is 1. The fraction of sp³-hybridized carbons (Fsp3) is 0.562. The van der Waals surface area contributed by atoms with Crippen molar-refractivity contribution in [1.29, 1.82) is 0 Å². The van der Waals surface area contributed by atoms with Gasteiger partial charge in [-0.2, -0.15) is 0 Å². The van der Waals surface area contributed by atoms with Gasteiger partial charge in [-0.25, -0.2) is 4.79 Å². The predicted octanol–water partition coefficient (Wildman–Crippen LogP) is 2.39. The molecule has 0 unspecified atom stereocenters. The molecule has 2 aliphatic rings. The quantitative estimate of drug-likeness (QED) is 0.588. The Morgan fingerprint density at radius 2 is 1.52 bits per heavy atom. The Morgan fingerprint density at radius 1 is 0.952 bits per heavy atom. The van der Waals surface area contributed by atoms with E-state index < -0.39 is 12.7 Å². The van der Waals surface area contributed by atoms with Crippen molar-refractivity contribution < 1.29 is 18.8 Å². The van der Waals surface area contributed by atoms with Gasteiger partial charge in [-0.15, -0.1) is 0 Å². The number of ether oxygens (including phenoxy) is 1. The summed E-state index contributed by atoms with van der Waals surface area (Å²) in [7, 11) is -0.424. The van der Waals surface area contributed by atoms with Crippen LogP contribution in [-0.4, -0.2) is 24.3 Å². The van der Waals surface area contributed by atoms with Gasteiger partial charge in [-0.3, -0.25) is 0 Å². The molecule has 0 saturated carbocycles. The summed E-state index contributed by atoms with van der Waals surface area (Å²) in [5.74, 6) is -0.268. The minimum Gasteiger partial charge on any atom is -0.451 e. The molecule has 3 rings (SSSR count). The molecule has 0 atom stereocenters. The number of cyclic esters (lactones) is 1. The van der Waals surface area contributed by atoms with Gasteiger partial charge in [0.2, 0.25) is 0 Å². The summed E-state index contributed by atoms with van der Waals surface area (Å²) in [5.41, 5.74) is 1.07. The molecule has 21 heavy (non-hydrogen) atoms. The van der Waals surface area contributed by atoms with Gasteiger partial charge in [0.25, 0.3) is 0 Å². The molecule has 112 valence electrons. The van der Waals surface area contributed by atoms with Crippen LogP contribution in [0.4, 0.5) is 0 Å². The molecular weight excluding hydrogens is 267 g/mol. The van der Waals surface area contributed by atoms with Gasteiger partial charge < -0.3 is 14.0 Å². The number of carbonyl (C=O) groups excluding carboxylic acids is 1. The maximum absolute atomic E-state index is 11.8. The first-order chi connectivity index (χ1) is 9.53. The third-order valence-corrected chi connectivity index (χ3v) is 4.79. The minimum absolute atomic E-state index is 0.268. The summed E-state index contributed by atoms with van der Waals surface area (Å²) < 4.78 is 17.5. The summed E-state index contributed by atoms with van der Waals surface area (Å²) in [4.78, 5) is 11.8. The van der Waals surface area contributed by atoms with E-state index in [0.717, 1.165) is 11.0 Å². The van der Waals surface area contributed by atoms with Crippen molar-refractivity contribution in [2.75, 3.05) is 0 Å². The molecule has 1 saturated heterocycles. The molecule has 4 nitrogen and oxygen atoms in total. The molecule has 0 amide bonds. The molecule has 0 bridgehead atoms. The molecule has 0 radical (unpaired) electrons. The highest BCUT2D eigenvalue weighted by atomic mass is 16.7.